The molecule has 0 bridgehead atoms. The molecule has 1 heterocycles. The van der Waals surface area contributed by atoms with Gasteiger partial charge in [-0.15, -0.1) is 11.3 Å². The van der Waals surface area contributed by atoms with Crippen molar-refractivity contribution in [2.45, 2.75) is 33.3 Å². The molecule has 140 valence electrons. The van der Waals surface area contributed by atoms with Crippen molar-refractivity contribution in [2.24, 2.45) is 5.10 Å². The van der Waals surface area contributed by atoms with Gasteiger partial charge in [0.05, 0.1) is 41.1 Å². The predicted octanol–water partition coefficient (Wildman–Crippen LogP) is 4.79. The van der Waals surface area contributed by atoms with Gasteiger partial charge < -0.3 is 9.47 Å². The Morgan fingerprint density at radius 3 is 2.69 bits per heavy atom. The van der Waals surface area contributed by atoms with Crippen molar-refractivity contribution in [3.63, 3.8) is 0 Å². The first-order chi connectivity index (χ1) is 12.4. The molecular formula is C17H19Cl2N3O3S. The lowest BCUT2D eigenvalue weighted by Gasteiger charge is -2.13. The van der Waals surface area contributed by atoms with Gasteiger partial charge in [-0.1, -0.05) is 23.2 Å². The summed E-state index contributed by atoms with van der Waals surface area (Å²) in [7, 11) is 0. The standard InChI is InChI=1S/C17H19Cl2N3O3S/c1-4-24-15(23)7-12-9-26-17(21-12)22-20-8-11-5-13(18)16(14(19)6-11)25-10(2)3/h5-6,8-10H,4,7H2,1-3H3,(H,21,22). The van der Waals surface area contributed by atoms with Crippen LogP contribution in [0.2, 0.25) is 10.0 Å². The number of carbonyl (C=O) groups excluding carboxylic acids is 1. The number of aromatic nitrogens is 1. The summed E-state index contributed by atoms with van der Waals surface area (Å²) in [5.41, 5.74) is 4.16. The molecule has 0 spiro atoms. The van der Waals surface area contributed by atoms with Crippen molar-refractivity contribution in [3.8, 4) is 5.75 Å². The molecule has 26 heavy (non-hydrogen) atoms. The minimum Gasteiger partial charge on any atom is -0.488 e. The molecule has 1 aromatic carbocycles. The van der Waals surface area contributed by atoms with Gasteiger partial charge in [0.15, 0.2) is 5.75 Å². The molecule has 0 saturated carbocycles. The molecular weight excluding hydrogens is 397 g/mol. The number of hydrogen-bond donors (Lipinski definition) is 1. The number of nitrogens with one attached hydrogen (secondary N) is 1. The van der Waals surface area contributed by atoms with Crippen molar-refractivity contribution in [1.29, 1.82) is 0 Å². The van der Waals surface area contributed by atoms with Crippen LogP contribution in [0.25, 0.3) is 0 Å². The summed E-state index contributed by atoms with van der Waals surface area (Å²) in [6.07, 6.45) is 1.68. The fourth-order valence-electron chi connectivity index (χ4n) is 1.96. The van der Waals surface area contributed by atoms with E-state index in [-0.39, 0.29) is 18.5 Å². The molecule has 1 N–H and O–H groups in total. The number of esters is 1. The molecule has 1 aromatic heterocycles. The third-order valence-corrected chi connectivity index (χ3v) is 4.29. The third-order valence-electron chi connectivity index (χ3n) is 2.93. The minimum absolute atomic E-state index is 0.0279. The highest BCUT2D eigenvalue weighted by Gasteiger charge is 2.11. The van der Waals surface area contributed by atoms with Crippen molar-refractivity contribution >= 4 is 51.9 Å². The third kappa shape index (κ3) is 6.16. The maximum absolute atomic E-state index is 11.4. The molecule has 0 unspecified atom stereocenters. The highest BCUT2D eigenvalue weighted by Crippen LogP contribution is 2.34. The average Bonchev–Trinajstić information content (AvgIpc) is 2.98. The first-order valence-corrected chi connectivity index (χ1v) is 9.57. The van der Waals surface area contributed by atoms with Gasteiger partial charge in [0.2, 0.25) is 5.13 Å². The lowest BCUT2D eigenvalue weighted by molar-refractivity contribution is -0.142. The zero-order valence-corrected chi connectivity index (χ0v) is 16.9. The van der Waals surface area contributed by atoms with E-state index in [0.29, 0.717) is 38.8 Å². The van der Waals surface area contributed by atoms with Crippen LogP contribution in [-0.2, 0) is 16.0 Å². The zero-order chi connectivity index (χ0) is 19.1. The van der Waals surface area contributed by atoms with Gasteiger partial charge in [0.25, 0.3) is 0 Å². The topological polar surface area (TPSA) is 72.8 Å². The first-order valence-electron chi connectivity index (χ1n) is 7.93. The number of anilines is 1. The van der Waals surface area contributed by atoms with Gasteiger partial charge in [-0.3, -0.25) is 10.2 Å². The smallest absolute Gasteiger partial charge is 0.311 e. The Morgan fingerprint density at radius 1 is 1.38 bits per heavy atom. The van der Waals surface area contributed by atoms with Crippen LogP contribution in [0.3, 0.4) is 0 Å². The summed E-state index contributed by atoms with van der Waals surface area (Å²) in [6.45, 7) is 5.91. The molecule has 0 radical (unpaired) electrons. The van der Waals surface area contributed by atoms with Crippen molar-refractivity contribution in [3.05, 3.63) is 38.8 Å². The molecule has 9 heteroatoms. The maximum atomic E-state index is 11.4. The highest BCUT2D eigenvalue weighted by molar-refractivity contribution is 7.13. The fraction of sp³-hybridized carbons (Fsp3) is 0.353. The number of ether oxygens (including phenoxy) is 2. The van der Waals surface area contributed by atoms with Crippen LogP contribution in [0.1, 0.15) is 32.0 Å². The lowest BCUT2D eigenvalue weighted by atomic mass is 10.2. The molecule has 0 aliphatic heterocycles. The lowest BCUT2D eigenvalue weighted by Crippen LogP contribution is -2.07. The number of halogens is 2. The van der Waals surface area contributed by atoms with E-state index in [9.17, 15) is 4.79 Å². The van der Waals surface area contributed by atoms with Crippen LogP contribution in [-0.4, -0.2) is 29.9 Å². The fourth-order valence-corrected chi connectivity index (χ4v) is 3.22. The van der Waals surface area contributed by atoms with E-state index in [4.69, 9.17) is 32.7 Å². The van der Waals surface area contributed by atoms with Crippen LogP contribution >= 0.6 is 34.5 Å². The number of nitrogens with zero attached hydrogens (tertiary/aromatic N) is 2. The average molecular weight is 416 g/mol. The van der Waals surface area contributed by atoms with Crippen molar-refractivity contribution in [1.82, 2.24) is 4.98 Å². The second kappa shape index (κ2) is 9.75. The van der Waals surface area contributed by atoms with Crippen LogP contribution < -0.4 is 10.2 Å². The second-order valence-electron chi connectivity index (χ2n) is 5.48. The summed E-state index contributed by atoms with van der Waals surface area (Å²) < 4.78 is 10.5. The summed E-state index contributed by atoms with van der Waals surface area (Å²) in [6, 6.07) is 3.43. The molecule has 0 saturated heterocycles. The van der Waals surface area contributed by atoms with Gasteiger partial charge in [-0.2, -0.15) is 5.10 Å². The Kier molecular flexibility index (Phi) is 7.68. The Balaban J connectivity index is 1.98. The number of thiazole rings is 1. The highest BCUT2D eigenvalue weighted by atomic mass is 35.5. The van der Waals surface area contributed by atoms with Gasteiger partial charge in [-0.05, 0) is 38.5 Å². The van der Waals surface area contributed by atoms with E-state index in [1.54, 1.807) is 30.7 Å². The number of hydrazone groups is 1. The van der Waals surface area contributed by atoms with Gasteiger partial charge in [-0.25, -0.2) is 4.98 Å². The number of rotatable bonds is 8. The molecule has 0 amide bonds. The quantitative estimate of drug-likeness (QED) is 0.381. The molecule has 2 rings (SSSR count). The molecule has 0 aliphatic carbocycles. The van der Waals surface area contributed by atoms with Gasteiger partial charge in [0, 0.05) is 5.38 Å². The van der Waals surface area contributed by atoms with Crippen molar-refractivity contribution in [2.75, 3.05) is 12.0 Å². The van der Waals surface area contributed by atoms with Gasteiger partial charge in [0.1, 0.15) is 0 Å². The van der Waals surface area contributed by atoms with E-state index in [2.05, 4.69) is 15.5 Å². The van der Waals surface area contributed by atoms with Crippen LogP contribution in [0.4, 0.5) is 5.13 Å². The van der Waals surface area contributed by atoms with E-state index in [1.807, 2.05) is 13.8 Å². The predicted molar refractivity (Wildman–Crippen MR) is 106 cm³/mol. The van der Waals surface area contributed by atoms with Crippen molar-refractivity contribution < 1.29 is 14.3 Å². The van der Waals surface area contributed by atoms with E-state index >= 15 is 0 Å². The normalized spacial score (nSPS) is 11.2. The summed E-state index contributed by atoms with van der Waals surface area (Å²) in [4.78, 5) is 15.7. The van der Waals surface area contributed by atoms with E-state index < -0.39 is 0 Å². The maximum Gasteiger partial charge on any atom is 0.311 e. The summed E-state index contributed by atoms with van der Waals surface area (Å²) in [5, 5.41) is 7.29. The van der Waals surface area contributed by atoms with Crippen LogP contribution in [0, 0.1) is 0 Å². The molecule has 0 atom stereocenters. The number of benzene rings is 1. The monoisotopic (exact) mass is 415 g/mol. The molecule has 2 aromatic rings. The minimum atomic E-state index is -0.305. The Morgan fingerprint density at radius 2 is 2.08 bits per heavy atom. The second-order valence-corrected chi connectivity index (χ2v) is 7.15. The largest absolute Gasteiger partial charge is 0.488 e. The number of carbonyl (C=O) groups is 1. The molecule has 6 nitrogen and oxygen atoms in total. The Bertz CT molecular complexity index is 770. The SMILES string of the molecule is CCOC(=O)Cc1csc(NN=Cc2cc(Cl)c(OC(C)C)c(Cl)c2)n1. The first kappa shape index (κ1) is 20.5. The molecule has 0 fully saturated rings. The van der Waals surface area contributed by atoms with Crippen LogP contribution in [0.15, 0.2) is 22.6 Å². The Labute approximate surface area is 166 Å². The zero-order valence-electron chi connectivity index (χ0n) is 14.6. The number of hydrogen-bond acceptors (Lipinski definition) is 7. The van der Waals surface area contributed by atoms with Gasteiger partial charge >= 0.3 is 5.97 Å². The van der Waals surface area contributed by atoms with Crippen LogP contribution in [0.5, 0.6) is 5.75 Å². The summed E-state index contributed by atoms with van der Waals surface area (Å²) in [5.74, 6) is 0.151. The molecule has 0 aliphatic rings. The van der Waals surface area contributed by atoms with E-state index in [1.165, 1.54) is 11.3 Å². The van der Waals surface area contributed by atoms with E-state index in [0.717, 1.165) is 0 Å². The Hall–Kier alpha value is -1.83. The summed E-state index contributed by atoms with van der Waals surface area (Å²) >= 11 is 13.8.